The Balaban J connectivity index is 2.23. The van der Waals surface area contributed by atoms with Gasteiger partial charge in [0, 0.05) is 10.9 Å². The topological polar surface area (TPSA) is 28.7 Å². The molecule has 3 rings (SSSR count). The van der Waals surface area contributed by atoms with Crippen LogP contribution in [0.15, 0.2) is 42.5 Å². The molecule has 1 heterocycles. The number of aromatic amines is 1. The number of hydrogen-bond donors (Lipinski definition) is 1. The molecule has 0 radical (unpaired) electrons. The molecule has 1 N–H and O–H groups in total. The van der Waals surface area contributed by atoms with Gasteiger partial charge >= 0.3 is 0 Å². The second kappa shape index (κ2) is 3.70. The number of halogens is 1. The quantitative estimate of drug-likeness (QED) is 0.673. The number of aromatic nitrogens is 2. The van der Waals surface area contributed by atoms with Crippen LogP contribution >= 0.6 is 0 Å². The van der Waals surface area contributed by atoms with E-state index in [1.807, 2.05) is 19.1 Å². The molecule has 0 spiro atoms. The van der Waals surface area contributed by atoms with Crippen LogP contribution < -0.4 is 0 Å². The Morgan fingerprint density at radius 1 is 1.06 bits per heavy atom. The minimum absolute atomic E-state index is 0.232. The van der Waals surface area contributed by atoms with E-state index >= 15 is 0 Å². The Morgan fingerprint density at radius 2 is 1.82 bits per heavy atom. The van der Waals surface area contributed by atoms with E-state index in [9.17, 15) is 4.39 Å². The molecular weight excluding hydrogens is 215 g/mol. The van der Waals surface area contributed by atoms with Crippen LogP contribution in [0.1, 0.15) is 5.56 Å². The maximum Gasteiger partial charge on any atom is 0.123 e. The van der Waals surface area contributed by atoms with Gasteiger partial charge in [-0.15, -0.1) is 0 Å². The number of aryl methyl sites for hydroxylation is 1. The molecule has 1 aromatic heterocycles. The molecule has 2 nitrogen and oxygen atoms in total. The normalized spacial score (nSPS) is 10.9. The second-order valence-corrected chi connectivity index (χ2v) is 4.13. The van der Waals surface area contributed by atoms with Crippen molar-refractivity contribution in [1.82, 2.24) is 10.2 Å². The van der Waals surface area contributed by atoms with Gasteiger partial charge in [-0.3, -0.25) is 5.10 Å². The zero-order chi connectivity index (χ0) is 11.8. The molecule has 0 aliphatic carbocycles. The van der Waals surface area contributed by atoms with Crippen LogP contribution in [-0.2, 0) is 0 Å². The zero-order valence-corrected chi connectivity index (χ0v) is 9.37. The second-order valence-electron chi connectivity index (χ2n) is 4.13. The summed E-state index contributed by atoms with van der Waals surface area (Å²) < 4.78 is 12.9. The monoisotopic (exact) mass is 226 g/mol. The van der Waals surface area contributed by atoms with Crippen LogP contribution in [0.3, 0.4) is 0 Å². The molecule has 2 aromatic carbocycles. The van der Waals surface area contributed by atoms with Crippen LogP contribution in [0.4, 0.5) is 4.39 Å². The lowest BCUT2D eigenvalue weighted by molar-refractivity contribution is 0.628. The lowest BCUT2D eigenvalue weighted by atomic mass is 10.1. The van der Waals surface area contributed by atoms with Gasteiger partial charge in [0.1, 0.15) is 5.82 Å². The highest BCUT2D eigenvalue weighted by atomic mass is 19.1. The Bertz CT molecular complexity index is 668. The molecule has 84 valence electrons. The van der Waals surface area contributed by atoms with E-state index in [0.29, 0.717) is 0 Å². The van der Waals surface area contributed by atoms with Gasteiger partial charge < -0.3 is 0 Å². The third kappa shape index (κ3) is 1.69. The number of nitrogens with zero attached hydrogens (tertiary/aromatic N) is 1. The number of fused-ring (bicyclic) bond motifs is 1. The molecule has 17 heavy (non-hydrogen) atoms. The summed E-state index contributed by atoms with van der Waals surface area (Å²) in [6, 6.07) is 12.5. The fraction of sp³-hybridized carbons (Fsp3) is 0.0714. The van der Waals surface area contributed by atoms with Crippen molar-refractivity contribution in [3.8, 4) is 11.3 Å². The first-order valence-electron chi connectivity index (χ1n) is 5.45. The summed E-state index contributed by atoms with van der Waals surface area (Å²) in [5.74, 6) is -0.232. The van der Waals surface area contributed by atoms with Crippen molar-refractivity contribution in [2.45, 2.75) is 6.92 Å². The summed E-state index contributed by atoms with van der Waals surface area (Å²) in [6.45, 7) is 2.04. The average molecular weight is 226 g/mol. The molecule has 0 saturated carbocycles. The van der Waals surface area contributed by atoms with Gasteiger partial charge in [0.25, 0.3) is 0 Å². The molecule has 0 saturated heterocycles. The standard InChI is InChI=1S/C14H11FN2/c1-9-2-7-13-12(8-9)14(17-16-13)10-3-5-11(15)6-4-10/h2-8H,1H3,(H,16,17). The first-order chi connectivity index (χ1) is 8.24. The number of hydrogen-bond acceptors (Lipinski definition) is 1. The molecule has 3 aromatic rings. The lowest BCUT2D eigenvalue weighted by Crippen LogP contribution is -1.80. The molecule has 0 aliphatic heterocycles. The van der Waals surface area contributed by atoms with E-state index in [4.69, 9.17) is 0 Å². The summed E-state index contributed by atoms with van der Waals surface area (Å²) >= 11 is 0. The summed E-state index contributed by atoms with van der Waals surface area (Å²) in [7, 11) is 0. The van der Waals surface area contributed by atoms with Crippen LogP contribution in [0.25, 0.3) is 22.2 Å². The Labute approximate surface area is 98.1 Å². The fourth-order valence-electron chi connectivity index (χ4n) is 1.96. The molecule has 0 fully saturated rings. The van der Waals surface area contributed by atoms with Gasteiger partial charge in [-0.2, -0.15) is 5.10 Å². The molecule has 0 atom stereocenters. The van der Waals surface area contributed by atoms with E-state index in [-0.39, 0.29) is 5.82 Å². The van der Waals surface area contributed by atoms with E-state index in [1.165, 1.54) is 17.7 Å². The predicted molar refractivity (Wildman–Crippen MR) is 66.2 cm³/mol. The van der Waals surface area contributed by atoms with Gasteiger partial charge in [-0.1, -0.05) is 11.6 Å². The van der Waals surface area contributed by atoms with Crippen molar-refractivity contribution in [3.05, 3.63) is 53.8 Å². The highest BCUT2D eigenvalue weighted by Crippen LogP contribution is 2.26. The van der Waals surface area contributed by atoms with E-state index in [0.717, 1.165) is 22.2 Å². The summed E-state index contributed by atoms with van der Waals surface area (Å²) in [6.07, 6.45) is 0. The van der Waals surface area contributed by atoms with E-state index < -0.39 is 0 Å². The van der Waals surface area contributed by atoms with Gasteiger partial charge in [0.05, 0.1) is 11.2 Å². The van der Waals surface area contributed by atoms with Gasteiger partial charge in [-0.05, 0) is 43.3 Å². The van der Waals surface area contributed by atoms with Crippen molar-refractivity contribution in [1.29, 1.82) is 0 Å². The van der Waals surface area contributed by atoms with Gasteiger partial charge in [0.15, 0.2) is 0 Å². The first kappa shape index (κ1) is 10.0. The van der Waals surface area contributed by atoms with Crippen molar-refractivity contribution >= 4 is 10.9 Å². The molecular formula is C14H11FN2. The number of benzene rings is 2. The average Bonchev–Trinajstić information content (AvgIpc) is 2.73. The summed E-state index contributed by atoms with van der Waals surface area (Å²) in [4.78, 5) is 0. The number of H-pyrrole nitrogens is 1. The Kier molecular flexibility index (Phi) is 2.18. The molecule has 3 heteroatoms. The molecule has 0 amide bonds. The number of nitrogens with one attached hydrogen (secondary N) is 1. The van der Waals surface area contributed by atoms with Crippen molar-refractivity contribution in [2.75, 3.05) is 0 Å². The maximum absolute atomic E-state index is 12.9. The van der Waals surface area contributed by atoms with Crippen LogP contribution in [-0.4, -0.2) is 10.2 Å². The van der Waals surface area contributed by atoms with Crippen molar-refractivity contribution in [2.24, 2.45) is 0 Å². The molecule has 0 aliphatic rings. The first-order valence-corrected chi connectivity index (χ1v) is 5.45. The Morgan fingerprint density at radius 3 is 2.59 bits per heavy atom. The highest BCUT2D eigenvalue weighted by molar-refractivity contribution is 5.93. The lowest BCUT2D eigenvalue weighted by Gasteiger charge is -1.98. The van der Waals surface area contributed by atoms with E-state index in [1.54, 1.807) is 12.1 Å². The zero-order valence-electron chi connectivity index (χ0n) is 9.37. The van der Waals surface area contributed by atoms with Gasteiger partial charge in [-0.25, -0.2) is 4.39 Å². The van der Waals surface area contributed by atoms with Crippen molar-refractivity contribution in [3.63, 3.8) is 0 Å². The van der Waals surface area contributed by atoms with Crippen molar-refractivity contribution < 1.29 is 4.39 Å². The third-order valence-electron chi connectivity index (χ3n) is 2.84. The fourth-order valence-corrected chi connectivity index (χ4v) is 1.96. The van der Waals surface area contributed by atoms with Crippen LogP contribution in [0.2, 0.25) is 0 Å². The van der Waals surface area contributed by atoms with Crippen LogP contribution in [0.5, 0.6) is 0 Å². The highest BCUT2D eigenvalue weighted by Gasteiger charge is 2.07. The Hall–Kier alpha value is -2.16. The van der Waals surface area contributed by atoms with Crippen LogP contribution in [0, 0.1) is 12.7 Å². The van der Waals surface area contributed by atoms with E-state index in [2.05, 4.69) is 16.3 Å². The maximum atomic E-state index is 12.9. The molecule has 0 bridgehead atoms. The predicted octanol–water partition coefficient (Wildman–Crippen LogP) is 3.68. The number of rotatable bonds is 1. The summed E-state index contributed by atoms with van der Waals surface area (Å²) in [5, 5.41) is 8.34. The minimum Gasteiger partial charge on any atom is -0.277 e. The van der Waals surface area contributed by atoms with Gasteiger partial charge in [0.2, 0.25) is 0 Å². The molecule has 0 unspecified atom stereocenters. The third-order valence-corrected chi connectivity index (χ3v) is 2.84. The SMILES string of the molecule is Cc1ccc2[nH]nc(-c3ccc(F)cc3)c2c1. The minimum atomic E-state index is -0.232. The summed E-state index contributed by atoms with van der Waals surface area (Å²) in [5.41, 5.74) is 3.96. The smallest absolute Gasteiger partial charge is 0.123 e. The largest absolute Gasteiger partial charge is 0.277 e.